The van der Waals surface area contributed by atoms with Gasteiger partial charge in [0.1, 0.15) is 0 Å². The van der Waals surface area contributed by atoms with Crippen LogP contribution in [0.3, 0.4) is 0 Å². The van der Waals surface area contributed by atoms with Gasteiger partial charge in [0.05, 0.1) is 12.5 Å². The third-order valence-electron chi connectivity index (χ3n) is 2.95. The second kappa shape index (κ2) is 4.62. The maximum atomic E-state index is 5.36. The van der Waals surface area contributed by atoms with Crippen molar-refractivity contribution in [3.05, 3.63) is 24.2 Å². The van der Waals surface area contributed by atoms with Gasteiger partial charge in [-0.15, -0.1) is 0 Å². The minimum absolute atomic E-state index is 0.414. The Morgan fingerprint density at radius 3 is 2.79 bits per heavy atom. The minimum atomic E-state index is 0.414. The van der Waals surface area contributed by atoms with Gasteiger partial charge >= 0.3 is 0 Å². The molecule has 0 aliphatic carbocycles. The van der Waals surface area contributed by atoms with E-state index >= 15 is 0 Å². The summed E-state index contributed by atoms with van der Waals surface area (Å²) in [5, 5.41) is 3.36. The van der Waals surface area contributed by atoms with Crippen LogP contribution in [0.1, 0.15) is 24.4 Å². The fourth-order valence-electron chi connectivity index (χ4n) is 2.18. The van der Waals surface area contributed by atoms with Gasteiger partial charge < -0.3 is 14.5 Å². The van der Waals surface area contributed by atoms with Crippen molar-refractivity contribution in [2.75, 3.05) is 20.3 Å². The molecule has 1 atom stereocenters. The van der Waals surface area contributed by atoms with E-state index in [4.69, 9.17) is 9.15 Å². The Kier molecular flexibility index (Phi) is 3.22. The summed E-state index contributed by atoms with van der Waals surface area (Å²) >= 11 is 0. The smallest absolute Gasteiger partial charge is 0.0950 e. The van der Waals surface area contributed by atoms with Crippen molar-refractivity contribution in [2.24, 2.45) is 5.92 Å². The molecule has 1 N–H and O–H groups in total. The van der Waals surface area contributed by atoms with E-state index in [1.807, 2.05) is 19.4 Å². The molecule has 2 heterocycles. The first-order valence-corrected chi connectivity index (χ1v) is 5.19. The lowest BCUT2D eigenvalue weighted by Crippen LogP contribution is -2.29. The lowest BCUT2D eigenvalue weighted by Gasteiger charge is -2.29. The lowest BCUT2D eigenvalue weighted by atomic mass is 9.88. The van der Waals surface area contributed by atoms with Crippen LogP contribution in [0.5, 0.6) is 0 Å². The van der Waals surface area contributed by atoms with Crippen molar-refractivity contribution >= 4 is 0 Å². The number of ether oxygens (including phenoxy) is 1. The van der Waals surface area contributed by atoms with Gasteiger partial charge in [0.2, 0.25) is 0 Å². The van der Waals surface area contributed by atoms with E-state index in [9.17, 15) is 0 Å². The molecule has 3 nitrogen and oxygen atoms in total. The van der Waals surface area contributed by atoms with Crippen molar-refractivity contribution in [3.8, 4) is 0 Å². The topological polar surface area (TPSA) is 34.4 Å². The van der Waals surface area contributed by atoms with Gasteiger partial charge in [-0.25, -0.2) is 0 Å². The van der Waals surface area contributed by atoms with Crippen molar-refractivity contribution < 1.29 is 9.15 Å². The highest BCUT2D eigenvalue weighted by atomic mass is 16.5. The number of furan rings is 1. The summed E-state index contributed by atoms with van der Waals surface area (Å²) in [6, 6.07) is 2.45. The van der Waals surface area contributed by atoms with E-state index in [0.717, 1.165) is 26.1 Å². The zero-order valence-electron chi connectivity index (χ0n) is 8.53. The number of hydrogen-bond donors (Lipinski definition) is 1. The largest absolute Gasteiger partial charge is 0.472 e. The van der Waals surface area contributed by atoms with Crippen LogP contribution < -0.4 is 5.32 Å². The fraction of sp³-hybridized carbons (Fsp3) is 0.636. The molecule has 0 amide bonds. The van der Waals surface area contributed by atoms with Crippen LogP contribution in [0.4, 0.5) is 0 Å². The molecular formula is C11H17NO2. The van der Waals surface area contributed by atoms with Crippen LogP contribution in [-0.4, -0.2) is 20.3 Å². The molecular weight excluding hydrogens is 178 g/mol. The molecule has 1 aliphatic rings. The Balaban J connectivity index is 2.04. The predicted molar refractivity (Wildman–Crippen MR) is 54.1 cm³/mol. The quantitative estimate of drug-likeness (QED) is 0.800. The molecule has 1 aliphatic heterocycles. The highest BCUT2D eigenvalue weighted by molar-refractivity contribution is 5.12. The van der Waals surface area contributed by atoms with Gasteiger partial charge in [0.25, 0.3) is 0 Å². The summed E-state index contributed by atoms with van der Waals surface area (Å²) < 4.78 is 10.5. The van der Waals surface area contributed by atoms with Crippen LogP contribution >= 0.6 is 0 Å². The Morgan fingerprint density at radius 2 is 2.21 bits per heavy atom. The molecule has 1 saturated heterocycles. The maximum absolute atomic E-state index is 5.36. The molecule has 0 saturated carbocycles. The average Bonchev–Trinajstić information content (AvgIpc) is 2.74. The summed E-state index contributed by atoms with van der Waals surface area (Å²) in [5.41, 5.74) is 1.25. The summed E-state index contributed by atoms with van der Waals surface area (Å²) in [5.74, 6) is 0.673. The van der Waals surface area contributed by atoms with Gasteiger partial charge in [-0.3, -0.25) is 0 Å². The molecule has 2 rings (SSSR count). The number of hydrogen-bond acceptors (Lipinski definition) is 3. The monoisotopic (exact) mass is 195 g/mol. The van der Waals surface area contributed by atoms with Gasteiger partial charge in [-0.05, 0) is 31.9 Å². The van der Waals surface area contributed by atoms with E-state index in [2.05, 4.69) is 5.32 Å². The SMILES string of the molecule is CNC(c1ccoc1)C1CCOCC1. The fourth-order valence-corrected chi connectivity index (χ4v) is 2.18. The van der Waals surface area contributed by atoms with Gasteiger partial charge in [0, 0.05) is 24.8 Å². The Bertz CT molecular complexity index is 252. The standard InChI is InChI=1S/C11H17NO2/c1-12-11(10-4-7-14-8-10)9-2-5-13-6-3-9/h4,7-9,11-12H,2-3,5-6H2,1H3. The molecule has 14 heavy (non-hydrogen) atoms. The molecule has 0 aromatic carbocycles. The summed E-state index contributed by atoms with van der Waals surface area (Å²) in [7, 11) is 2.01. The molecule has 3 heteroatoms. The first kappa shape index (κ1) is 9.74. The second-order valence-corrected chi connectivity index (χ2v) is 3.77. The van der Waals surface area contributed by atoms with Crippen molar-refractivity contribution in [2.45, 2.75) is 18.9 Å². The van der Waals surface area contributed by atoms with E-state index in [-0.39, 0.29) is 0 Å². The highest BCUT2D eigenvalue weighted by Gasteiger charge is 2.24. The third-order valence-corrected chi connectivity index (χ3v) is 2.95. The zero-order valence-corrected chi connectivity index (χ0v) is 8.53. The molecule has 1 aromatic heterocycles. The van der Waals surface area contributed by atoms with Gasteiger partial charge in [-0.2, -0.15) is 0 Å². The van der Waals surface area contributed by atoms with Crippen molar-refractivity contribution in [3.63, 3.8) is 0 Å². The third kappa shape index (κ3) is 1.99. The molecule has 1 fully saturated rings. The molecule has 1 unspecified atom stereocenters. The molecule has 0 radical (unpaired) electrons. The predicted octanol–water partition coefficient (Wildman–Crippen LogP) is 1.97. The molecule has 0 spiro atoms. The Labute approximate surface area is 84.4 Å². The first-order valence-electron chi connectivity index (χ1n) is 5.19. The van der Waals surface area contributed by atoms with Crippen LogP contribution in [0.15, 0.2) is 23.0 Å². The number of rotatable bonds is 3. The summed E-state index contributed by atoms with van der Waals surface area (Å²) in [6.45, 7) is 1.78. The second-order valence-electron chi connectivity index (χ2n) is 3.77. The van der Waals surface area contributed by atoms with Gasteiger partial charge in [0.15, 0.2) is 0 Å². The molecule has 1 aromatic rings. The lowest BCUT2D eigenvalue weighted by molar-refractivity contribution is 0.0545. The van der Waals surface area contributed by atoms with Crippen LogP contribution in [0, 0.1) is 5.92 Å². The summed E-state index contributed by atoms with van der Waals surface area (Å²) in [6.07, 6.45) is 5.84. The zero-order chi connectivity index (χ0) is 9.80. The molecule has 0 bridgehead atoms. The van der Waals surface area contributed by atoms with E-state index in [0.29, 0.717) is 12.0 Å². The Hall–Kier alpha value is -0.800. The number of nitrogens with one attached hydrogen (secondary N) is 1. The van der Waals surface area contributed by atoms with Crippen molar-refractivity contribution in [1.82, 2.24) is 5.32 Å². The van der Waals surface area contributed by atoms with Gasteiger partial charge in [-0.1, -0.05) is 0 Å². The maximum Gasteiger partial charge on any atom is 0.0950 e. The van der Waals surface area contributed by atoms with Crippen LogP contribution in [0.2, 0.25) is 0 Å². The first-order chi connectivity index (χ1) is 6.92. The highest BCUT2D eigenvalue weighted by Crippen LogP contribution is 2.29. The molecule has 78 valence electrons. The minimum Gasteiger partial charge on any atom is -0.472 e. The van der Waals surface area contributed by atoms with Crippen molar-refractivity contribution in [1.29, 1.82) is 0 Å². The van der Waals surface area contributed by atoms with E-state index < -0.39 is 0 Å². The average molecular weight is 195 g/mol. The Morgan fingerprint density at radius 1 is 1.43 bits per heavy atom. The van der Waals surface area contributed by atoms with E-state index in [1.165, 1.54) is 5.56 Å². The van der Waals surface area contributed by atoms with Crippen LogP contribution in [-0.2, 0) is 4.74 Å². The van der Waals surface area contributed by atoms with E-state index in [1.54, 1.807) is 6.26 Å². The normalized spacial score (nSPS) is 20.9. The van der Waals surface area contributed by atoms with Crippen LogP contribution in [0.25, 0.3) is 0 Å². The summed E-state index contributed by atoms with van der Waals surface area (Å²) in [4.78, 5) is 0.